The molecule has 1 aromatic heterocycles. The van der Waals surface area contributed by atoms with Gasteiger partial charge in [-0.15, -0.1) is 11.3 Å². The minimum atomic E-state index is -5.57. The molecular weight excluding hydrogens is 354 g/mol. The third-order valence-electron chi connectivity index (χ3n) is 3.62. The summed E-state index contributed by atoms with van der Waals surface area (Å²) in [5.41, 5.74) is -0.916. The van der Waals surface area contributed by atoms with Crippen molar-refractivity contribution < 1.29 is 26.3 Å². The molecule has 0 bridgehead atoms. The second kappa shape index (κ2) is 5.47. The van der Waals surface area contributed by atoms with Crippen LogP contribution in [0.2, 0.25) is 0 Å². The predicted molar refractivity (Wildman–Crippen MR) is 80.4 cm³/mol. The highest BCUT2D eigenvalue weighted by Crippen LogP contribution is 2.48. The molecule has 8 heteroatoms. The first-order valence-corrected chi connectivity index (χ1v) is 7.48. The summed E-state index contributed by atoms with van der Waals surface area (Å²) in [4.78, 5) is 10.8. The van der Waals surface area contributed by atoms with Gasteiger partial charge < -0.3 is 0 Å². The van der Waals surface area contributed by atoms with E-state index in [2.05, 4.69) is 0 Å². The molecule has 1 heterocycles. The zero-order valence-corrected chi connectivity index (χ0v) is 12.5. The van der Waals surface area contributed by atoms with Crippen LogP contribution < -0.4 is 5.43 Å². The lowest BCUT2D eigenvalue weighted by atomic mass is 10.1. The van der Waals surface area contributed by atoms with Crippen molar-refractivity contribution >= 4 is 32.2 Å². The van der Waals surface area contributed by atoms with Crippen molar-refractivity contribution in [2.45, 2.75) is 18.3 Å². The lowest BCUT2D eigenvalue weighted by Crippen LogP contribution is -2.44. The van der Waals surface area contributed by atoms with Crippen LogP contribution in [-0.2, 0) is 5.92 Å². The SMILES string of the molecule is O=c1cc(C(F)(F)C(F)(F)C(F)F)sc2ccc3ccccc3c12. The molecule has 0 aliphatic carbocycles. The van der Waals surface area contributed by atoms with E-state index in [4.69, 9.17) is 0 Å². The van der Waals surface area contributed by atoms with Crippen molar-refractivity contribution in [1.82, 2.24) is 0 Å². The van der Waals surface area contributed by atoms with Gasteiger partial charge in [-0.05, 0) is 16.8 Å². The molecule has 0 spiro atoms. The lowest BCUT2D eigenvalue weighted by Gasteiger charge is -2.25. The summed E-state index contributed by atoms with van der Waals surface area (Å²) in [5.74, 6) is -10.7. The van der Waals surface area contributed by atoms with Crippen LogP contribution in [0.5, 0.6) is 0 Å². The highest BCUT2D eigenvalue weighted by Gasteiger charge is 2.64. The molecule has 0 saturated heterocycles. The van der Waals surface area contributed by atoms with Crippen molar-refractivity contribution in [3.05, 3.63) is 57.6 Å². The second-order valence-electron chi connectivity index (χ2n) is 5.13. The molecule has 0 N–H and O–H groups in total. The Morgan fingerprint density at radius 2 is 1.62 bits per heavy atom. The Morgan fingerprint density at radius 3 is 2.29 bits per heavy atom. The zero-order valence-electron chi connectivity index (χ0n) is 11.7. The maximum absolute atomic E-state index is 13.8. The van der Waals surface area contributed by atoms with Crippen LogP contribution >= 0.6 is 11.3 Å². The highest BCUT2D eigenvalue weighted by molar-refractivity contribution is 7.18. The Hall–Kier alpha value is -2.09. The van der Waals surface area contributed by atoms with Crippen molar-refractivity contribution in [2.75, 3.05) is 0 Å². The van der Waals surface area contributed by atoms with Crippen molar-refractivity contribution in [3.8, 4) is 0 Å². The summed E-state index contributed by atoms with van der Waals surface area (Å²) in [7, 11) is 0. The van der Waals surface area contributed by atoms with E-state index in [9.17, 15) is 31.1 Å². The normalized spacial score (nSPS) is 13.1. The van der Waals surface area contributed by atoms with Gasteiger partial charge >= 0.3 is 18.3 Å². The van der Waals surface area contributed by atoms with Gasteiger partial charge in [0.2, 0.25) is 0 Å². The minimum absolute atomic E-state index is 0.0286. The molecule has 0 aliphatic heterocycles. The van der Waals surface area contributed by atoms with Crippen LogP contribution in [0.15, 0.2) is 47.3 Å². The zero-order chi connectivity index (χ0) is 17.7. The number of hydrogen-bond acceptors (Lipinski definition) is 2. The first-order chi connectivity index (χ1) is 11.2. The van der Waals surface area contributed by atoms with E-state index >= 15 is 0 Å². The Kier molecular flexibility index (Phi) is 3.82. The fourth-order valence-corrected chi connectivity index (χ4v) is 3.50. The van der Waals surface area contributed by atoms with Crippen LogP contribution in [0.4, 0.5) is 26.3 Å². The fraction of sp³-hybridized carbons (Fsp3) is 0.188. The first kappa shape index (κ1) is 16.8. The van der Waals surface area contributed by atoms with E-state index in [0.717, 1.165) is 0 Å². The van der Waals surface area contributed by atoms with E-state index in [1.807, 2.05) is 0 Å². The van der Waals surface area contributed by atoms with Crippen molar-refractivity contribution in [1.29, 1.82) is 0 Å². The maximum Gasteiger partial charge on any atom is 0.374 e. The second-order valence-corrected chi connectivity index (χ2v) is 6.22. The molecule has 126 valence electrons. The Balaban J connectivity index is 2.30. The molecule has 1 nitrogen and oxygen atoms in total. The van der Waals surface area contributed by atoms with Gasteiger partial charge in [-0.2, -0.15) is 17.6 Å². The van der Waals surface area contributed by atoms with Crippen LogP contribution in [0, 0.1) is 0 Å². The molecule has 3 aromatic rings. The Bertz CT molecular complexity index is 979. The average Bonchev–Trinajstić information content (AvgIpc) is 2.53. The standard InChI is InChI=1S/C16H8F6OS/c17-14(18)16(21,22)15(19,20)12-7-10(23)13-9-4-2-1-3-8(9)5-6-11(13)24-12/h1-7,14H. The van der Waals surface area contributed by atoms with E-state index in [1.165, 1.54) is 6.07 Å². The molecule has 0 saturated carbocycles. The quantitative estimate of drug-likeness (QED) is 0.450. The summed E-state index contributed by atoms with van der Waals surface area (Å²) < 4.78 is 78.7. The molecule has 3 rings (SSSR count). The highest BCUT2D eigenvalue weighted by atomic mass is 32.1. The summed E-state index contributed by atoms with van der Waals surface area (Å²) in [6, 6.07) is 9.84. The van der Waals surface area contributed by atoms with Crippen molar-refractivity contribution in [2.24, 2.45) is 0 Å². The van der Waals surface area contributed by atoms with Crippen LogP contribution in [-0.4, -0.2) is 12.3 Å². The molecule has 2 aromatic carbocycles. The average molecular weight is 362 g/mol. The third kappa shape index (κ3) is 2.36. The van der Waals surface area contributed by atoms with Gasteiger partial charge in [0.25, 0.3) is 0 Å². The third-order valence-corrected chi connectivity index (χ3v) is 4.78. The monoisotopic (exact) mass is 362 g/mol. The molecule has 0 aliphatic rings. The number of alkyl halides is 6. The topological polar surface area (TPSA) is 17.1 Å². The summed E-state index contributed by atoms with van der Waals surface area (Å²) in [6.45, 7) is 0. The van der Waals surface area contributed by atoms with Crippen molar-refractivity contribution in [3.63, 3.8) is 0 Å². The number of rotatable bonds is 3. The van der Waals surface area contributed by atoms with E-state index in [-0.39, 0.29) is 21.4 Å². The summed E-state index contributed by atoms with van der Waals surface area (Å²) in [6.07, 6.45) is -4.55. The summed E-state index contributed by atoms with van der Waals surface area (Å²) in [5, 5.41) is 1.25. The van der Waals surface area contributed by atoms with E-state index < -0.39 is 28.6 Å². The largest absolute Gasteiger partial charge is 0.374 e. The number of benzene rings is 2. The van der Waals surface area contributed by atoms with Gasteiger partial charge in [-0.25, -0.2) is 8.78 Å². The molecular formula is C16H8F6OS. The molecule has 0 atom stereocenters. The van der Waals surface area contributed by atoms with Gasteiger partial charge in [0.15, 0.2) is 5.43 Å². The number of halogens is 6. The van der Waals surface area contributed by atoms with Gasteiger partial charge in [0.05, 0.1) is 4.88 Å². The smallest absolute Gasteiger partial charge is 0.289 e. The van der Waals surface area contributed by atoms with Gasteiger partial charge in [0, 0.05) is 16.2 Å². The van der Waals surface area contributed by atoms with Crippen LogP contribution in [0.3, 0.4) is 0 Å². The molecule has 0 amide bonds. The first-order valence-electron chi connectivity index (χ1n) is 6.66. The van der Waals surface area contributed by atoms with Crippen LogP contribution in [0.1, 0.15) is 4.88 Å². The van der Waals surface area contributed by atoms with Gasteiger partial charge in [-0.3, -0.25) is 4.79 Å². The molecule has 24 heavy (non-hydrogen) atoms. The fourth-order valence-electron chi connectivity index (χ4n) is 2.39. The minimum Gasteiger partial charge on any atom is -0.289 e. The molecule has 0 unspecified atom stereocenters. The van der Waals surface area contributed by atoms with Gasteiger partial charge in [-0.1, -0.05) is 30.3 Å². The van der Waals surface area contributed by atoms with E-state index in [1.54, 1.807) is 30.3 Å². The number of hydrogen-bond donors (Lipinski definition) is 0. The molecule has 0 radical (unpaired) electrons. The van der Waals surface area contributed by atoms with Gasteiger partial charge in [0.1, 0.15) is 0 Å². The van der Waals surface area contributed by atoms with Crippen LogP contribution in [0.25, 0.3) is 20.9 Å². The Labute approximate surface area is 135 Å². The Morgan fingerprint density at radius 1 is 0.958 bits per heavy atom. The summed E-state index contributed by atoms with van der Waals surface area (Å²) >= 11 is 0.204. The van der Waals surface area contributed by atoms with E-state index in [0.29, 0.717) is 16.8 Å². The predicted octanol–water partition coefficient (Wildman–Crippen LogP) is 5.41. The number of fused-ring (bicyclic) bond motifs is 3. The molecule has 0 fully saturated rings. The lowest BCUT2D eigenvalue weighted by molar-refractivity contribution is -0.268. The maximum atomic E-state index is 13.8.